The molecule has 4 aliphatic rings. The summed E-state index contributed by atoms with van der Waals surface area (Å²) in [7, 11) is 0. The first-order valence-corrected chi connectivity index (χ1v) is 16.6. The summed E-state index contributed by atoms with van der Waals surface area (Å²) in [6.07, 6.45) is 19.6. The van der Waals surface area contributed by atoms with Gasteiger partial charge in [-0.15, -0.1) is 0 Å². The fourth-order valence-electron chi connectivity index (χ4n) is 7.97. The van der Waals surface area contributed by atoms with Crippen molar-refractivity contribution in [3.05, 3.63) is 59.7 Å². The molecule has 0 radical (unpaired) electrons. The molecule has 1 saturated heterocycles. The molecule has 3 saturated carbocycles. The van der Waals surface area contributed by atoms with E-state index in [0.717, 1.165) is 19.6 Å². The zero-order chi connectivity index (χ0) is 30.1. The summed E-state index contributed by atoms with van der Waals surface area (Å²) in [6, 6.07) is 8.16. The number of likely N-dealkylation sites (tertiary alicyclic amines) is 1. The molecule has 7 rings (SSSR count). The Morgan fingerprint density at radius 3 is 2.59 bits per heavy atom. The van der Waals surface area contributed by atoms with Crippen LogP contribution < -0.4 is 15.4 Å². The Morgan fingerprint density at radius 2 is 1.82 bits per heavy atom. The van der Waals surface area contributed by atoms with Gasteiger partial charge in [0.25, 0.3) is 0 Å². The van der Waals surface area contributed by atoms with Crippen LogP contribution in [0.1, 0.15) is 70.6 Å². The maximum Gasteiger partial charge on any atom is 0.248 e. The lowest BCUT2D eigenvalue weighted by molar-refractivity contribution is -0.112. The van der Waals surface area contributed by atoms with Crippen LogP contribution in [0.3, 0.4) is 0 Å². The molecule has 9 heteroatoms. The minimum absolute atomic E-state index is 0.0201. The molecule has 1 amide bonds. The third kappa shape index (κ3) is 6.29. The number of benzene rings is 2. The number of ether oxygens (including phenoxy) is 1. The molecule has 1 unspecified atom stereocenters. The predicted octanol–water partition coefficient (Wildman–Crippen LogP) is 8.28. The maximum atomic E-state index is 13.8. The van der Waals surface area contributed by atoms with Crippen molar-refractivity contribution in [3.63, 3.8) is 0 Å². The molecule has 2 aromatic carbocycles. The minimum Gasteiger partial charge on any atom is -0.491 e. The van der Waals surface area contributed by atoms with Gasteiger partial charge in [0.1, 0.15) is 23.7 Å². The average molecular weight is 618 g/mol. The lowest BCUT2D eigenvalue weighted by Crippen LogP contribution is -2.56. The van der Waals surface area contributed by atoms with Crippen molar-refractivity contribution in [2.24, 2.45) is 16.7 Å². The van der Waals surface area contributed by atoms with Crippen LogP contribution in [-0.2, 0) is 4.79 Å². The van der Waals surface area contributed by atoms with Gasteiger partial charge in [-0.1, -0.05) is 56.2 Å². The van der Waals surface area contributed by atoms with Gasteiger partial charge in [-0.05, 0) is 73.1 Å². The van der Waals surface area contributed by atoms with Gasteiger partial charge in [-0.3, -0.25) is 9.69 Å². The summed E-state index contributed by atoms with van der Waals surface area (Å²) in [5.74, 6) is 0.991. The van der Waals surface area contributed by atoms with Gasteiger partial charge >= 0.3 is 0 Å². The second-order valence-electron chi connectivity index (χ2n) is 13.6. The van der Waals surface area contributed by atoms with E-state index in [-0.39, 0.29) is 10.9 Å². The number of fused-ring (bicyclic) bond motifs is 1. The smallest absolute Gasteiger partial charge is 0.248 e. The minimum atomic E-state index is -0.488. The lowest BCUT2D eigenvalue weighted by atomic mass is 9.69. The molecule has 2 heterocycles. The molecule has 232 valence electrons. The average Bonchev–Trinajstić information content (AvgIpc) is 3.68. The Morgan fingerprint density at radius 1 is 1.05 bits per heavy atom. The number of carbonyl (C=O) groups excluding carboxylic acids is 1. The Labute approximate surface area is 263 Å². The number of anilines is 3. The van der Waals surface area contributed by atoms with E-state index in [1.165, 1.54) is 89.1 Å². The van der Waals surface area contributed by atoms with Crippen LogP contribution in [0.25, 0.3) is 10.9 Å². The second kappa shape index (κ2) is 12.3. The Balaban J connectivity index is 1.08. The monoisotopic (exact) mass is 617 g/mol. The molecular formula is C35H41ClFN5O2. The SMILES string of the molecule is O=C(C=CCN1CC2(CCCCC2)C1)Nc1cc2c(Nc3ccc(F)c(Cl)c3)ncnc2cc1OCC1CC12CCCCC2. The molecule has 2 N–H and O–H groups in total. The Hall–Kier alpha value is -3.23. The summed E-state index contributed by atoms with van der Waals surface area (Å²) in [5.41, 5.74) is 2.82. The molecule has 1 atom stereocenters. The first kappa shape index (κ1) is 29.5. The third-order valence-corrected chi connectivity index (χ3v) is 10.8. The standard InChI is InChI=1S/C35H41ClFN5O2/c36-27-16-25(9-10-28(27)37)40-33-26-17-30(41-32(43)8-7-15-42-21-34(22-42)11-3-1-4-12-34)31(18-29(26)38-23-39-33)44-20-24-19-35(24)13-5-2-6-14-35/h7-10,16-18,23-24H,1-6,11-15,19-22H2,(H,41,43)(H,38,39,40). The van der Waals surface area contributed by atoms with E-state index in [2.05, 4.69) is 25.5 Å². The number of rotatable bonds is 9. The van der Waals surface area contributed by atoms with Gasteiger partial charge in [-0.25, -0.2) is 14.4 Å². The number of aromatic nitrogens is 2. The molecule has 3 aromatic rings. The number of amides is 1. The number of carbonyl (C=O) groups is 1. The summed E-state index contributed by atoms with van der Waals surface area (Å²) >= 11 is 6.01. The number of nitrogens with zero attached hydrogens (tertiary/aromatic N) is 3. The molecule has 1 aromatic heterocycles. The van der Waals surface area contributed by atoms with E-state index in [1.54, 1.807) is 12.1 Å². The molecule has 1 aliphatic heterocycles. The van der Waals surface area contributed by atoms with Gasteiger partial charge in [-0.2, -0.15) is 0 Å². The number of halogens is 2. The van der Waals surface area contributed by atoms with Crippen molar-refractivity contribution in [1.29, 1.82) is 0 Å². The largest absolute Gasteiger partial charge is 0.491 e. The van der Waals surface area contributed by atoms with Crippen LogP contribution >= 0.6 is 11.6 Å². The number of hydrogen-bond acceptors (Lipinski definition) is 6. The lowest BCUT2D eigenvalue weighted by Gasteiger charge is -2.52. The Bertz CT molecular complexity index is 1560. The van der Waals surface area contributed by atoms with E-state index in [0.29, 0.717) is 57.2 Å². The molecule has 4 fully saturated rings. The van der Waals surface area contributed by atoms with Gasteiger partial charge in [0.15, 0.2) is 0 Å². The highest BCUT2D eigenvalue weighted by atomic mass is 35.5. The highest BCUT2D eigenvalue weighted by molar-refractivity contribution is 6.31. The van der Waals surface area contributed by atoms with E-state index >= 15 is 0 Å². The van der Waals surface area contributed by atoms with Crippen molar-refractivity contribution in [3.8, 4) is 5.75 Å². The van der Waals surface area contributed by atoms with Crippen LogP contribution in [0.4, 0.5) is 21.6 Å². The molecule has 0 bridgehead atoms. The molecule has 7 nitrogen and oxygen atoms in total. The topological polar surface area (TPSA) is 79.4 Å². The van der Waals surface area contributed by atoms with Gasteiger partial charge in [0.2, 0.25) is 5.91 Å². The predicted molar refractivity (Wildman–Crippen MR) is 173 cm³/mol. The number of nitrogens with one attached hydrogen (secondary N) is 2. The molecule has 44 heavy (non-hydrogen) atoms. The fourth-order valence-corrected chi connectivity index (χ4v) is 8.15. The fraction of sp³-hybridized carbons (Fsp3) is 0.514. The quantitative estimate of drug-likeness (QED) is 0.235. The molecule has 3 aliphatic carbocycles. The summed E-state index contributed by atoms with van der Waals surface area (Å²) in [6.45, 7) is 3.69. The highest BCUT2D eigenvalue weighted by Gasteiger charge is 2.53. The van der Waals surface area contributed by atoms with Crippen LogP contribution in [0, 0.1) is 22.6 Å². The molecule has 2 spiro atoms. The van der Waals surface area contributed by atoms with Crippen molar-refractivity contribution in [2.75, 3.05) is 36.9 Å². The van der Waals surface area contributed by atoms with Crippen LogP contribution in [0.5, 0.6) is 5.75 Å². The first-order chi connectivity index (χ1) is 21.4. The van der Waals surface area contributed by atoms with Crippen LogP contribution in [0.2, 0.25) is 5.02 Å². The van der Waals surface area contributed by atoms with Gasteiger partial charge in [0.05, 0.1) is 22.8 Å². The normalized spacial score (nSPS) is 22.3. The van der Waals surface area contributed by atoms with E-state index in [1.807, 2.05) is 18.2 Å². The number of hydrogen-bond donors (Lipinski definition) is 2. The summed E-state index contributed by atoms with van der Waals surface area (Å²) in [5, 5.41) is 7.01. The summed E-state index contributed by atoms with van der Waals surface area (Å²) in [4.78, 5) is 24.5. The van der Waals surface area contributed by atoms with Crippen molar-refractivity contribution in [1.82, 2.24) is 14.9 Å². The maximum absolute atomic E-state index is 13.8. The van der Waals surface area contributed by atoms with E-state index < -0.39 is 5.82 Å². The third-order valence-electron chi connectivity index (χ3n) is 10.5. The second-order valence-corrected chi connectivity index (χ2v) is 14.0. The highest BCUT2D eigenvalue weighted by Crippen LogP contribution is 2.61. The van der Waals surface area contributed by atoms with Crippen molar-refractivity contribution >= 4 is 45.6 Å². The Kier molecular flexibility index (Phi) is 8.23. The van der Waals surface area contributed by atoms with Crippen LogP contribution in [-0.4, -0.2) is 47.0 Å². The van der Waals surface area contributed by atoms with E-state index in [9.17, 15) is 9.18 Å². The van der Waals surface area contributed by atoms with Crippen molar-refractivity contribution < 1.29 is 13.9 Å². The van der Waals surface area contributed by atoms with Gasteiger partial charge < -0.3 is 15.4 Å². The van der Waals surface area contributed by atoms with Crippen molar-refractivity contribution in [2.45, 2.75) is 70.6 Å². The summed E-state index contributed by atoms with van der Waals surface area (Å²) < 4.78 is 20.2. The molecular weight excluding hydrogens is 577 g/mol. The van der Waals surface area contributed by atoms with Gasteiger partial charge in [0, 0.05) is 42.9 Å². The first-order valence-electron chi connectivity index (χ1n) is 16.2. The van der Waals surface area contributed by atoms with Crippen LogP contribution in [0.15, 0.2) is 48.8 Å². The van der Waals surface area contributed by atoms with E-state index in [4.69, 9.17) is 16.3 Å². The zero-order valence-electron chi connectivity index (χ0n) is 25.2. The zero-order valence-corrected chi connectivity index (χ0v) is 26.0.